The van der Waals surface area contributed by atoms with Crippen molar-refractivity contribution in [3.05, 3.63) is 48.5 Å². The molecule has 3 aromatic heterocycles. The molecular weight excluding hydrogens is 276 g/mol. The van der Waals surface area contributed by atoms with E-state index in [0.29, 0.717) is 5.92 Å². The van der Waals surface area contributed by atoms with Crippen molar-refractivity contribution in [1.82, 2.24) is 19.5 Å². The summed E-state index contributed by atoms with van der Waals surface area (Å²) in [7, 11) is 0. The smallest absolute Gasteiger partial charge is 0.165 e. The van der Waals surface area contributed by atoms with E-state index in [0.717, 1.165) is 55.3 Å². The van der Waals surface area contributed by atoms with Gasteiger partial charge in [-0.2, -0.15) is 0 Å². The van der Waals surface area contributed by atoms with Crippen LogP contribution in [0.15, 0.2) is 42.7 Å². The van der Waals surface area contributed by atoms with Crippen LogP contribution in [0, 0.1) is 5.92 Å². The largest absolute Gasteiger partial charge is 0.381 e. The fraction of sp³-hybridized carbons (Fsp3) is 0.353. The molecule has 0 saturated carbocycles. The Labute approximate surface area is 129 Å². The van der Waals surface area contributed by atoms with Gasteiger partial charge in [0.2, 0.25) is 0 Å². The third-order valence-corrected chi connectivity index (χ3v) is 4.18. The monoisotopic (exact) mass is 294 g/mol. The minimum Gasteiger partial charge on any atom is -0.381 e. The first-order valence-corrected chi connectivity index (χ1v) is 7.73. The first kappa shape index (κ1) is 13.4. The molecule has 0 aromatic carbocycles. The lowest BCUT2D eigenvalue weighted by atomic mass is 9.96. The summed E-state index contributed by atoms with van der Waals surface area (Å²) in [6.45, 7) is 1.71. The second-order valence-corrected chi connectivity index (χ2v) is 5.66. The number of aromatic nitrogens is 4. The highest BCUT2D eigenvalue weighted by Crippen LogP contribution is 2.24. The fourth-order valence-electron chi connectivity index (χ4n) is 3.03. The maximum atomic E-state index is 5.46. The highest BCUT2D eigenvalue weighted by Gasteiger charge is 2.20. The highest BCUT2D eigenvalue weighted by molar-refractivity contribution is 5.73. The molecule has 0 atom stereocenters. The number of hydrogen-bond donors (Lipinski definition) is 0. The van der Waals surface area contributed by atoms with Crippen LogP contribution in [0.1, 0.15) is 18.7 Å². The van der Waals surface area contributed by atoms with Gasteiger partial charge in [0.15, 0.2) is 5.65 Å². The van der Waals surface area contributed by atoms with Crippen molar-refractivity contribution in [2.45, 2.75) is 19.3 Å². The summed E-state index contributed by atoms with van der Waals surface area (Å²) >= 11 is 0. The van der Waals surface area contributed by atoms with Crippen LogP contribution < -0.4 is 0 Å². The Morgan fingerprint density at radius 3 is 2.73 bits per heavy atom. The predicted octanol–water partition coefficient (Wildman–Crippen LogP) is 2.78. The lowest BCUT2D eigenvalue weighted by Crippen LogP contribution is -2.19. The molecule has 1 saturated heterocycles. The molecule has 0 radical (unpaired) electrons. The van der Waals surface area contributed by atoms with Crippen LogP contribution in [-0.4, -0.2) is 32.7 Å². The van der Waals surface area contributed by atoms with Crippen LogP contribution in [0.4, 0.5) is 0 Å². The van der Waals surface area contributed by atoms with Gasteiger partial charge in [0.05, 0.1) is 0 Å². The standard InChI is InChI=1S/C17H18N4O/c1-2-8-18-15(5-1)21-16(12-13-6-10-22-11-7-13)20-14-4-3-9-19-17(14)21/h1-5,8-9,13H,6-7,10-12H2. The second-order valence-electron chi connectivity index (χ2n) is 5.66. The van der Waals surface area contributed by atoms with E-state index < -0.39 is 0 Å². The van der Waals surface area contributed by atoms with Crippen molar-refractivity contribution in [1.29, 1.82) is 0 Å². The van der Waals surface area contributed by atoms with Crippen molar-refractivity contribution >= 4 is 11.2 Å². The highest BCUT2D eigenvalue weighted by atomic mass is 16.5. The van der Waals surface area contributed by atoms with E-state index in [2.05, 4.69) is 14.5 Å². The summed E-state index contributed by atoms with van der Waals surface area (Å²) in [4.78, 5) is 13.8. The van der Waals surface area contributed by atoms with Crippen LogP contribution in [0.5, 0.6) is 0 Å². The molecule has 5 nitrogen and oxygen atoms in total. The number of pyridine rings is 2. The van der Waals surface area contributed by atoms with E-state index >= 15 is 0 Å². The Kier molecular flexibility index (Phi) is 3.56. The summed E-state index contributed by atoms with van der Waals surface area (Å²) in [6, 6.07) is 9.86. The van der Waals surface area contributed by atoms with Gasteiger partial charge >= 0.3 is 0 Å². The average Bonchev–Trinajstić information content (AvgIpc) is 2.94. The number of ether oxygens (including phenoxy) is 1. The molecule has 1 fully saturated rings. The van der Waals surface area contributed by atoms with Crippen molar-refractivity contribution in [2.75, 3.05) is 13.2 Å². The molecule has 0 amide bonds. The van der Waals surface area contributed by atoms with Crippen molar-refractivity contribution < 1.29 is 4.74 Å². The van der Waals surface area contributed by atoms with Gasteiger partial charge in [-0.1, -0.05) is 6.07 Å². The van der Waals surface area contributed by atoms with Gasteiger partial charge < -0.3 is 4.74 Å². The molecule has 0 N–H and O–H groups in total. The molecule has 3 aromatic rings. The molecule has 0 aliphatic carbocycles. The zero-order valence-corrected chi connectivity index (χ0v) is 12.4. The molecule has 22 heavy (non-hydrogen) atoms. The first-order valence-electron chi connectivity index (χ1n) is 7.73. The Balaban J connectivity index is 1.79. The van der Waals surface area contributed by atoms with Crippen molar-refractivity contribution in [3.8, 4) is 5.82 Å². The van der Waals surface area contributed by atoms with E-state index in [4.69, 9.17) is 9.72 Å². The van der Waals surface area contributed by atoms with E-state index in [1.807, 2.05) is 42.7 Å². The molecule has 0 unspecified atom stereocenters. The Morgan fingerprint density at radius 1 is 1.05 bits per heavy atom. The number of fused-ring (bicyclic) bond motifs is 1. The van der Waals surface area contributed by atoms with Crippen LogP contribution in [0.2, 0.25) is 0 Å². The van der Waals surface area contributed by atoms with Crippen LogP contribution >= 0.6 is 0 Å². The topological polar surface area (TPSA) is 52.8 Å². The van der Waals surface area contributed by atoms with Gasteiger partial charge in [-0.25, -0.2) is 15.0 Å². The second kappa shape index (κ2) is 5.85. The predicted molar refractivity (Wildman–Crippen MR) is 83.9 cm³/mol. The van der Waals surface area contributed by atoms with Gasteiger partial charge in [-0.05, 0) is 43.0 Å². The number of rotatable bonds is 3. The first-order chi connectivity index (χ1) is 10.9. The summed E-state index contributed by atoms with van der Waals surface area (Å²) in [5, 5.41) is 0. The summed E-state index contributed by atoms with van der Waals surface area (Å²) in [5.41, 5.74) is 1.80. The minimum absolute atomic E-state index is 0.619. The Morgan fingerprint density at radius 2 is 1.91 bits per heavy atom. The van der Waals surface area contributed by atoms with Gasteiger partial charge in [-0.3, -0.25) is 4.57 Å². The molecular formula is C17H18N4O. The molecule has 1 aliphatic rings. The SMILES string of the molecule is c1ccc(-n2c(CC3CCOCC3)nc3cccnc32)nc1. The third-order valence-electron chi connectivity index (χ3n) is 4.18. The third kappa shape index (κ3) is 2.48. The van der Waals surface area contributed by atoms with Crippen molar-refractivity contribution in [2.24, 2.45) is 5.92 Å². The number of imidazole rings is 1. The summed E-state index contributed by atoms with van der Waals surface area (Å²) in [5.74, 6) is 2.54. The van der Waals surface area contributed by atoms with Crippen LogP contribution in [0.3, 0.4) is 0 Å². The van der Waals surface area contributed by atoms with E-state index in [1.165, 1.54) is 0 Å². The number of hydrogen-bond acceptors (Lipinski definition) is 4. The molecule has 112 valence electrons. The van der Waals surface area contributed by atoms with Crippen molar-refractivity contribution in [3.63, 3.8) is 0 Å². The average molecular weight is 294 g/mol. The maximum absolute atomic E-state index is 5.46. The van der Waals surface area contributed by atoms with Crippen LogP contribution in [0.25, 0.3) is 17.0 Å². The number of nitrogens with zero attached hydrogens (tertiary/aromatic N) is 4. The van der Waals surface area contributed by atoms with Gasteiger partial charge in [0.1, 0.15) is 17.2 Å². The molecule has 1 aliphatic heterocycles. The fourth-order valence-corrected chi connectivity index (χ4v) is 3.03. The maximum Gasteiger partial charge on any atom is 0.165 e. The minimum atomic E-state index is 0.619. The lowest BCUT2D eigenvalue weighted by molar-refractivity contribution is 0.0659. The normalized spacial score (nSPS) is 16.2. The summed E-state index contributed by atoms with van der Waals surface area (Å²) < 4.78 is 7.55. The van der Waals surface area contributed by atoms with E-state index in [9.17, 15) is 0 Å². The zero-order chi connectivity index (χ0) is 14.8. The Hall–Kier alpha value is -2.27. The van der Waals surface area contributed by atoms with Gasteiger partial charge in [0, 0.05) is 32.0 Å². The van der Waals surface area contributed by atoms with E-state index in [1.54, 1.807) is 0 Å². The molecule has 5 heteroatoms. The van der Waals surface area contributed by atoms with E-state index in [-0.39, 0.29) is 0 Å². The quantitative estimate of drug-likeness (QED) is 0.745. The molecule has 4 heterocycles. The Bertz CT molecular complexity index is 763. The van der Waals surface area contributed by atoms with Crippen LogP contribution in [-0.2, 0) is 11.2 Å². The zero-order valence-electron chi connectivity index (χ0n) is 12.4. The van der Waals surface area contributed by atoms with Gasteiger partial charge in [0.25, 0.3) is 0 Å². The molecule has 4 rings (SSSR count). The summed E-state index contributed by atoms with van der Waals surface area (Å²) in [6.07, 6.45) is 6.75. The lowest BCUT2D eigenvalue weighted by Gasteiger charge is -2.21. The molecule has 0 bridgehead atoms. The molecule has 0 spiro atoms. The van der Waals surface area contributed by atoms with Gasteiger partial charge in [-0.15, -0.1) is 0 Å².